The second-order valence-corrected chi connectivity index (χ2v) is 7.63. The van der Waals surface area contributed by atoms with Crippen molar-refractivity contribution in [3.63, 3.8) is 0 Å². The summed E-state index contributed by atoms with van der Waals surface area (Å²) in [4.78, 5) is 2.75. The number of phenols is 1. The van der Waals surface area contributed by atoms with Crippen molar-refractivity contribution < 1.29 is 5.11 Å². The molecule has 1 aliphatic heterocycles. The van der Waals surface area contributed by atoms with Gasteiger partial charge < -0.3 is 5.11 Å². The summed E-state index contributed by atoms with van der Waals surface area (Å²) in [6.45, 7) is 7.29. The molecule has 3 aliphatic rings. The molecular weight excluding hydrogens is 246 g/mol. The van der Waals surface area contributed by atoms with Crippen LogP contribution in [0, 0.1) is 11.8 Å². The zero-order chi connectivity index (χ0) is 13.9. The molecule has 0 spiro atoms. The summed E-state index contributed by atoms with van der Waals surface area (Å²) >= 11 is 0. The van der Waals surface area contributed by atoms with Gasteiger partial charge in [0.05, 0.1) is 0 Å². The van der Waals surface area contributed by atoms with Gasteiger partial charge in [-0.2, -0.15) is 0 Å². The van der Waals surface area contributed by atoms with Gasteiger partial charge in [0, 0.05) is 12.6 Å². The third-order valence-electron chi connectivity index (χ3n) is 5.90. The highest BCUT2D eigenvalue weighted by molar-refractivity contribution is 5.47. The number of hydrogen-bond donors (Lipinski definition) is 1. The molecule has 2 nitrogen and oxygen atoms in total. The normalized spacial score (nSPS) is 31.9. The van der Waals surface area contributed by atoms with Gasteiger partial charge in [0.15, 0.2) is 0 Å². The van der Waals surface area contributed by atoms with E-state index in [1.54, 1.807) is 0 Å². The number of fused-ring (bicyclic) bond motifs is 3. The molecule has 4 rings (SSSR count). The zero-order valence-electron chi connectivity index (χ0n) is 12.6. The van der Waals surface area contributed by atoms with Crippen LogP contribution < -0.4 is 0 Å². The summed E-state index contributed by atoms with van der Waals surface area (Å²) in [5.41, 5.74) is 3.06. The summed E-state index contributed by atoms with van der Waals surface area (Å²) in [5, 5.41) is 9.87. The molecule has 0 radical (unpaired) electrons. The third kappa shape index (κ3) is 1.81. The minimum atomic E-state index is 0.195. The van der Waals surface area contributed by atoms with Crippen molar-refractivity contribution in [3.8, 4) is 5.75 Å². The molecule has 1 heterocycles. The SMILES string of the molecule is CC1(C)c2cc(O)ccc2C2C1CCCN2CC1CC1. The number of rotatable bonds is 2. The van der Waals surface area contributed by atoms with Crippen LogP contribution in [0.2, 0.25) is 0 Å². The number of nitrogens with zero attached hydrogens (tertiary/aromatic N) is 1. The summed E-state index contributed by atoms with van der Waals surface area (Å²) in [6, 6.07) is 6.67. The summed E-state index contributed by atoms with van der Waals surface area (Å²) in [6.07, 6.45) is 5.52. The Morgan fingerprint density at radius 2 is 2.05 bits per heavy atom. The highest BCUT2D eigenvalue weighted by atomic mass is 16.3. The van der Waals surface area contributed by atoms with Gasteiger partial charge in [0.2, 0.25) is 0 Å². The van der Waals surface area contributed by atoms with E-state index in [2.05, 4.69) is 24.8 Å². The lowest BCUT2D eigenvalue weighted by Gasteiger charge is -2.42. The van der Waals surface area contributed by atoms with Crippen molar-refractivity contribution >= 4 is 0 Å². The summed E-state index contributed by atoms with van der Waals surface area (Å²) in [5.74, 6) is 2.09. The van der Waals surface area contributed by atoms with E-state index in [0.717, 1.165) is 5.92 Å². The Labute approximate surface area is 121 Å². The maximum Gasteiger partial charge on any atom is 0.115 e. The Morgan fingerprint density at radius 1 is 1.25 bits per heavy atom. The van der Waals surface area contributed by atoms with Gasteiger partial charge in [-0.1, -0.05) is 19.9 Å². The Bertz CT molecular complexity index is 532. The van der Waals surface area contributed by atoms with Gasteiger partial charge in [-0.15, -0.1) is 0 Å². The Hall–Kier alpha value is -1.02. The van der Waals surface area contributed by atoms with Crippen LogP contribution >= 0.6 is 0 Å². The minimum Gasteiger partial charge on any atom is -0.508 e. The Kier molecular flexibility index (Phi) is 2.69. The van der Waals surface area contributed by atoms with E-state index in [1.807, 2.05) is 12.1 Å². The van der Waals surface area contributed by atoms with Gasteiger partial charge in [0.25, 0.3) is 0 Å². The van der Waals surface area contributed by atoms with Gasteiger partial charge in [-0.3, -0.25) is 4.90 Å². The molecule has 2 unspecified atom stereocenters. The molecule has 1 N–H and O–H groups in total. The fourth-order valence-corrected chi connectivity index (χ4v) is 4.63. The smallest absolute Gasteiger partial charge is 0.115 e. The molecule has 1 saturated heterocycles. The highest BCUT2D eigenvalue weighted by Gasteiger charge is 2.50. The molecule has 2 heteroatoms. The van der Waals surface area contributed by atoms with E-state index in [4.69, 9.17) is 0 Å². The maximum atomic E-state index is 9.87. The first-order valence-electron chi connectivity index (χ1n) is 8.15. The third-order valence-corrected chi connectivity index (χ3v) is 5.90. The van der Waals surface area contributed by atoms with Gasteiger partial charge >= 0.3 is 0 Å². The van der Waals surface area contributed by atoms with E-state index in [0.29, 0.717) is 17.7 Å². The number of benzene rings is 1. The van der Waals surface area contributed by atoms with Gasteiger partial charge in [-0.25, -0.2) is 0 Å². The van der Waals surface area contributed by atoms with Crippen molar-refractivity contribution in [3.05, 3.63) is 29.3 Å². The van der Waals surface area contributed by atoms with Crippen LogP contribution in [0.1, 0.15) is 56.7 Å². The molecule has 2 aliphatic carbocycles. The lowest BCUT2D eigenvalue weighted by Crippen LogP contribution is -2.41. The lowest BCUT2D eigenvalue weighted by atomic mass is 9.73. The molecule has 1 aromatic rings. The molecular formula is C18H25NO. The van der Waals surface area contributed by atoms with E-state index in [9.17, 15) is 5.11 Å². The van der Waals surface area contributed by atoms with Crippen molar-refractivity contribution in [2.24, 2.45) is 11.8 Å². The molecule has 1 aromatic carbocycles. The quantitative estimate of drug-likeness (QED) is 0.883. The van der Waals surface area contributed by atoms with Crippen molar-refractivity contribution in [2.75, 3.05) is 13.1 Å². The van der Waals surface area contributed by atoms with Crippen LogP contribution in [0.25, 0.3) is 0 Å². The predicted molar refractivity (Wildman–Crippen MR) is 80.9 cm³/mol. The van der Waals surface area contributed by atoms with Crippen LogP contribution in [0.4, 0.5) is 0 Å². The molecule has 20 heavy (non-hydrogen) atoms. The molecule has 0 amide bonds. The van der Waals surface area contributed by atoms with E-state index >= 15 is 0 Å². The maximum absolute atomic E-state index is 9.87. The van der Waals surface area contributed by atoms with Crippen LogP contribution in [0.15, 0.2) is 18.2 Å². The molecule has 2 fully saturated rings. The standard InChI is InChI=1S/C18H25NO/c1-18(2)15-4-3-9-19(11-12-5-6-12)17(15)14-8-7-13(20)10-16(14)18/h7-8,10,12,15,17,20H,3-6,9,11H2,1-2H3. The molecule has 0 bridgehead atoms. The Morgan fingerprint density at radius 3 is 2.80 bits per heavy atom. The number of likely N-dealkylation sites (tertiary alicyclic amines) is 1. The largest absolute Gasteiger partial charge is 0.508 e. The highest BCUT2D eigenvalue weighted by Crippen LogP contribution is 2.56. The topological polar surface area (TPSA) is 23.5 Å². The van der Waals surface area contributed by atoms with E-state index < -0.39 is 0 Å². The van der Waals surface area contributed by atoms with Crippen molar-refractivity contribution in [1.29, 1.82) is 0 Å². The zero-order valence-corrected chi connectivity index (χ0v) is 12.6. The van der Waals surface area contributed by atoms with Crippen molar-refractivity contribution in [2.45, 2.75) is 51.0 Å². The average Bonchev–Trinajstić information content (AvgIpc) is 3.19. The van der Waals surface area contributed by atoms with Crippen LogP contribution in [0.5, 0.6) is 5.75 Å². The first-order chi connectivity index (χ1) is 9.57. The number of aromatic hydroxyl groups is 1. The van der Waals surface area contributed by atoms with Crippen LogP contribution in [-0.4, -0.2) is 23.1 Å². The fraction of sp³-hybridized carbons (Fsp3) is 0.667. The first kappa shape index (κ1) is 12.7. The van der Waals surface area contributed by atoms with Gasteiger partial charge in [-0.05, 0) is 72.7 Å². The molecule has 108 valence electrons. The molecule has 1 saturated carbocycles. The fourth-order valence-electron chi connectivity index (χ4n) is 4.63. The molecule has 0 aromatic heterocycles. The lowest BCUT2D eigenvalue weighted by molar-refractivity contribution is 0.0690. The van der Waals surface area contributed by atoms with Crippen LogP contribution in [-0.2, 0) is 5.41 Å². The van der Waals surface area contributed by atoms with Gasteiger partial charge in [0.1, 0.15) is 5.75 Å². The number of hydrogen-bond acceptors (Lipinski definition) is 2. The first-order valence-corrected chi connectivity index (χ1v) is 8.15. The monoisotopic (exact) mass is 271 g/mol. The molecule has 2 atom stereocenters. The second kappa shape index (κ2) is 4.24. The average molecular weight is 271 g/mol. The Balaban J connectivity index is 1.76. The second-order valence-electron chi connectivity index (χ2n) is 7.63. The number of phenolic OH excluding ortho intramolecular Hbond substituents is 1. The van der Waals surface area contributed by atoms with Crippen LogP contribution in [0.3, 0.4) is 0 Å². The van der Waals surface area contributed by atoms with E-state index in [1.165, 1.54) is 49.9 Å². The minimum absolute atomic E-state index is 0.195. The predicted octanol–water partition coefficient (Wildman–Crippen LogP) is 3.85. The number of piperidine rings is 1. The summed E-state index contributed by atoms with van der Waals surface area (Å²) in [7, 11) is 0. The van der Waals surface area contributed by atoms with E-state index in [-0.39, 0.29) is 5.41 Å². The van der Waals surface area contributed by atoms with Crippen molar-refractivity contribution in [1.82, 2.24) is 4.90 Å². The summed E-state index contributed by atoms with van der Waals surface area (Å²) < 4.78 is 0.